The molecule has 1 heterocycles. The van der Waals surface area contributed by atoms with Gasteiger partial charge in [-0.1, -0.05) is 19.9 Å². The number of aromatic nitrogens is 2. The highest BCUT2D eigenvalue weighted by Crippen LogP contribution is 2.26. The fourth-order valence-corrected chi connectivity index (χ4v) is 2.01. The lowest BCUT2D eigenvalue weighted by Gasteiger charge is -2.12. The molecule has 0 amide bonds. The van der Waals surface area contributed by atoms with Crippen LogP contribution in [-0.2, 0) is 6.54 Å². The van der Waals surface area contributed by atoms with E-state index in [1.807, 2.05) is 23.1 Å². The van der Waals surface area contributed by atoms with E-state index in [1.165, 1.54) is 0 Å². The zero-order valence-electron chi connectivity index (χ0n) is 12.5. The van der Waals surface area contributed by atoms with E-state index in [-0.39, 0.29) is 0 Å². The average Bonchev–Trinajstić information content (AvgIpc) is 2.86. The molecule has 1 aromatic carbocycles. The van der Waals surface area contributed by atoms with E-state index in [2.05, 4.69) is 38.0 Å². The Hall–Kier alpha value is -1.81. The fourth-order valence-electron chi connectivity index (χ4n) is 2.01. The molecule has 0 unspecified atom stereocenters. The molecule has 0 aliphatic rings. The van der Waals surface area contributed by atoms with Crippen molar-refractivity contribution in [3.63, 3.8) is 0 Å². The molecule has 0 fully saturated rings. The van der Waals surface area contributed by atoms with Crippen molar-refractivity contribution in [2.75, 3.05) is 13.2 Å². The van der Waals surface area contributed by atoms with Gasteiger partial charge in [0.25, 0.3) is 0 Å². The van der Waals surface area contributed by atoms with Gasteiger partial charge in [0.1, 0.15) is 5.75 Å². The molecule has 0 atom stereocenters. The Morgan fingerprint density at radius 3 is 2.75 bits per heavy atom. The summed E-state index contributed by atoms with van der Waals surface area (Å²) in [5.74, 6) is 1.49. The van der Waals surface area contributed by atoms with Gasteiger partial charge < -0.3 is 10.5 Å². The molecule has 0 radical (unpaired) electrons. The Labute approximate surface area is 120 Å². The highest BCUT2D eigenvalue weighted by atomic mass is 16.5. The quantitative estimate of drug-likeness (QED) is 0.880. The van der Waals surface area contributed by atoms with Gasteiger partial charge in [0.2, 0.25) is 0 Å². The van der Waals surface area contributed by atoms with Gasteiger partial charge in [-0.2, -0.15) is 5.10 Å². The largest absolute Gasteiger partial charge is 0.493 e. The van der Waals surface area contributed by atoms with Crippen LogP contribution >= 0.6 is 0 Å². The Morgan fingerprint density at radius 1 is 1.30 bits per heavy atom. The van der Waals surface area contributed by atoms with Crippen molar-refractivity contribution in [1.82, 2.24) is 9.78 Å². The maximum Gasteiger partial charge on any atom is 0.122 e. The molecule has 2 rings (SSSR count). The van der Waals surface area contributed by atoms with E-state index in [1.54, 1.807) is 0 Å². The van der Waals surface area contributed by atoms with Crippen molar-refractivity contribution in [3.05, 3.63) is 36.2 Å². The van der Waals surface area contributed by atoms with E-state index in [9.17, 15) is 0 Å². The van der Waals surface area contributed by atoms with Crippen molar-refractivity contribution < 1.29 is 4.74 Å². The molecule has 0 saturated heterocycles. The lowest BCUT2D eigenvalue weighted by molar-refractivity contribution is 0.269. The van der Waals surface area contributed by atoms with Crippen LogP contribution in [0.2, 0.25) is 0 Å². The number of nitrogens with two attached hydrogens (primary N) is 1. The molecule has 2 N–H and O–H groups in total. The highest BCUT2D eigenvalue weighted by Gasteiger charge is 2.06. The molecule has 4 nitrogen and oxygen atoms in total. The number of benzene rings is 1. The molecule has 0 aliphatic carbocycles. The summed E-state index contributed by atoms with van der Waals surface area (Å²) in [4.78, 5) is 0. The maximum atomic E-state index is 5.80. The second-order valence-corrected chi connectivity index (χ2v) is 5.47. The number of hydrogen-bond acceptors (Lipinski definition) is 3. The molecule has 4 heteroatoms. The normalized spacial score (nSPS) is 11.1. The SMILES string of the molecule is Cc1cc(-c2cnn(CCN)c2)ccc1OCC(C)C. The van der Waals surface area contributed by atoms with Crippen LogP contribution in [-0.4, -0.2) is 22.9 Å². The average molecular weight is 273 g/mol. The summed E-state index contributed by atoms with van der Waals surface area (Å²) in [7, 11) is 0. The van der Waals surface area contributed by atoms with Crippen molar-refractivity contribution in [2.45, 2.75) is 27.3 Å². The Morgan fingerprint density at radius 2 is 2.10 bits per heavy atom. The zero-order chi connectivity index (χ0) is 14.5. The molecule has 0 aliphatic heterocycles. The van der Waals surface area contributed by atoms with Crippen molar-refractivity contribution in [3.8, 4) is 16.9 Å². The highest BCUT2D eigenvalue weighted by molar-refractivity contribution is 5.64. The molecule has 0 spiro atoms. The lowest BCUT2D eigenvalue weighted by atomic mass is 10.1. The summed E-state index contributed by atoms with van der Waals surface area (Å²) in [5, 5.41) is 4.30. The van der Waals surface area contributed by atoms with Crippen LogP contribution in [0.3, 0.4) is 0 Å². The Kier molecular flexibility index (Phi) is 4.79. The molecular weight excluding hydrogens is 250 g/mol. The van der Waals surface area contributed by atoms with Crippen LogP contribution in [0, 0.1) is 12.8 Å². The summed E-state index contributed by atoms with van der Waals surface area (Å²) >= 11 is 0. The van der Waals surface area contributed by atoms with Gasteiger partial charge in [-0.3, -0.25) is 4.68 Å². The van der Waals surface area contributed by atoms with E-state index in [4.69, 9.17) is 10.5 Å². The fraction of sp³-hybridized carbons (Fsp3) is 0.438. The monoisotopic (exact) mass is 273 g/mol. The predicted octanol–water partition coefficient (Wildman–Crippen LogP) is 2.85. The van der Waals surface area contributed by atoms with Crippen LogP contribution in [0.5, 0.6) is 5.75 Å². The second kappa shape index (κ2) is 6.57. The number of hydrogen-bond donors (Lipinski definition) is 1. The minimum atomic E-state index is 0.531. The molecule has 2 aromatic rings. The third kappa shape index (κ3) is 3.61. The third-order valence-electron chi connectivity index (χ3n) is 3.07. The minimum absolute atomic E-state index is 0.531. The van der Waals surface area contributed by atoms with Gasteiger partial charge in [0.05, 0.1) is 19.3 Å². The van der Waals surface area contributed by atoms with Crippen LogP contribution in [0.4, 0.5) is 0 Å². The van der Waals surface area contributed by atoms with E-state index >= 15 is 0 Å². The molecule has 0 saturated carbocycles. The summed E-state index contributed by atoms with van der Waals surface area (Å²) in [6, 6.07) is 6.25. The van der Waals surface area contributed by atoms with Crippen LogP contribution in [0.1, 0.15) is 19.4 Å². The topological polar surface area (TPSA) is 53.1 Å². The van der Waals surface area contributed by atoms with Crippen LogP contribution < -0.4 is 10.5 Å². The first-order valence-corrected chi connectivity index (χ1v) is 7.06. The predicted molar refractivity (Wildman–Crippen MR) is 81.8 cm³/mol. The summed E-state index contributed by atoms with van der Waals surface area (Å²) in [6.45, 7) is 8.46. The van der Waals surface area contributed by atoms with Crippen molar-refractivity contribution >= 4 is 0 Å². The van der Waals surface area contributed by atoms with Crippen LogP contribution in [0.25, 0.3) is 11.1 Å². The van der Waals surface area contributed by atoms with Gasteiger partial charge in [-0.25, -0.2) is 0 Å². The summed E-state index contributed by atoms with van der Waals surface area (Å²) < 4.78 is 7.66. The Balaban J connectivity index is 2.14. The zero-order valence-corrected chi connectivity index (χ0v) is 12.5. The molecular formula is C16H23N3O. The van der Waals surface area contributed by atoms with Gasteiger partial charge >= 0.3 is 0 Å². The first-order chi connectivity index (χ1) is 9.60. The van der Waals surface area contributed by atoms with Crippen LogP contribution in [0.15, 0.2) is 30.6 Å². The minimum Gasteiger partial charge on any atom is -0.493 e. The first kappa shape index (κ1) is 14.6. The standard InChI is InChI=1S/C16H23N3O/c1-12(2)11-20-16-5-4-14(8-13(16)3)15-9-18-19(10-15)7-6-17/h4-5,8-10,12H,6-7,11,17H2,1-3H3. The van der Waals surface area contributed by atoms with Gasteiger partial charge in [-0.05, 0) is 36.1 Å². The van der Waals surface area contributed by atoms with E-state index in [0.29, 0.717) is 12.5 Å². The van der Waals surface area contributed by atoms with E-state index < -0.39 is 0 Å². The van der Waals surface area contributed by atoms with Gasteiger partial charge in [-0.15, -0.1) is 0 Å². The third-order valence-corrected chi connectivity index (χ3v) is 3.07. The second-order valence-electron chi connectivity index (χ2n) is 5.47. The number of rotatable bonds is 6. The van der Waals surface area contributed by atoms with Gasteiger partial charge in [0.15, 0.2) is 0 Å². The molecule has 0 bridgehead atoms. The number of ether oxygens (including phenoxy) is 1. The number of nitrogens with zero attached hydrogens (tertiary/aromatic N) is 2. The van der Waals surface area contributed by atoms with Crippen molar-refractivity contribution in [2.24, 2.45) is 11.7 Å². The maximum absolute atomic E-state index is 5.80. The first-order valence-electron chi connectivity index (χ1n) is 7.06. The molecule has 1 aromatic heterocycles. The smallest absolute Gasteiger partial charge is 0.122 e. The number of aryl methyl sites for hydroxylation is 1. The van der Waals surface area contributed by atoms with E-state index in [0.717, 1.165) is 35.6 Å². The lowest BCUT2D eigenvalue weighted by Crippen LogP contribution is -2.09. The molecule has 108 valence electrons. The Bertz CT molecular complexity index is 561. The van der Waals surface area contributed by atoms with Crippen molar-refractivity contribution in [1.29, 1.82) is 0 Å². The summed E-state index contributed by atoms with van der Waals surface area (Å²) in [6.07, 6.45) is 3.90. The van der Waals surface area contributed by atoms with Gasteiger partial charge in [0, 0.05) is 18.3 Å². The summed E-state index contributed by atoms with van der Waals surface area (Å²) in [5.41, 5.74) is 8.94. The molecule has 20 heavy (non-hydrogen) atoms.